The molecular weight excluding hydrogens is 580 g/mol. The maximum Gasteiger partial charge on any atom is 0.354 e. The number of nitrogens with one attached hydrogen (secondary N) is 2. The van der Waals surface area contributed by atoms with Crippen molar-refractivity contribution in [2.75, 3.05) is 18.5 Å². The number of hydrogen-bond donors (Lipinski definition) is 3. The number of nitrogens with zero attached hydrogens (tertiary/aromatic N) is 2. The van der Waals surface area contributed by atoms with Gasteiger partial charge in [0, 0.05) is 18.0 Å². The number of thiophene rings is 1. The number of carbonyl (C=O) groups is 1. The molecule has 0 unspecified atom stereocenters. The number of carbonyl (C=O) groups excluding carboxylic acids is 1. The van der Waals surface area contributed by atoms with E-state index in [1.165, 1.54) is 16.6 Å². The highest BCUT2D eigenvalue weighted by molar-refractivity contribution is 7.95. The van der Waals surface area contributed by atoms with E-state index in [-0.39, 0.29) is 46.5 Å². The van der Waals surface area contributed by atoms with Crippen molar-refractivity contribution in [2.45, 2.75) is 76.1 Å². The molecule has 2 aromatic heterocycles. The van der Waals surface area contributed by atoms with Gasteiger partial charge in [0.1, 0.15) is 17.5 Å². The van der Waals surface area contributed by atoms with E-state index in [4.69, 9.17) is 9.15 Å². The van der Waals surface area contributed by atoms with Crippen molar-refractivity contribution in [1.29, 1.82) is 0 Å². The van der Waals surface area contributed by atoms with Crippen LogP contribution in [0.1, 0.15) is 77.2 Å². The van der Waals surface area contributed by atoms with Crippen LogP contribution in [0, 0.1) is 0 Å². The number of aromatic hydroxyl groups is 1. The Bertz CT molecular complexity index is 1550. The first-order chi connectivity index (χ1) is 18.8. The third-order valence-electron chi connectivity index (χ3n) is 6.53. The summed E-state index contributed by atoms with van der Waals surface area (Å²) in [7, 11) is -8.39. The van der Waals surface area contributed by atoms with Gasteiger partial charge in [0.25, 0.3) is 20.0 Å². The number of rotatable bonds is 12. The summed E-state index contributed by atoms with van der Waals surface area (Å²) in [5, 5.41) is 15.1. The number of amidine groups is 1. The van der Waals surface area contributed by atoms with Crippen LogP contribution < -0.4 is 10.0 Å². The van der Waals surface area contributed by atoms with Crippen molar-refractivity contribution < 1.29 is 35.9 Å². The first-order valence-corrected chi connectivity index (χ1v) is 16.9. The number of hydrogen-bond acceptors (Lipinski definition) is 11. The Kier molecular flexibility index (Phi) is 8.68. The summed E-state index contributed by atoms with van der Waals surface area (Å²) in [5.41, 5.74) is 0.595. The highest BCUT2D eigenvalue weighted by atomic mass is 32.2. The molecular formula is C25H34N4O8S3. The molecule has 3 heterocycles. The fourth-order valence-corrected chi connectivity index (χ4v) is 8.53. The minimum absolute atomic E-state index is 0.0836. The summed E-state index contributed by atoms with van der Waals surface area (Å²) in [5.74, 6) is -1.18. The summed E-state index contributed by atoms with van der Waals surface area (Å²) in [6, 6.07) is 1.13. The van der Waals surface area contributed by atoms with Gasteiger partial charge < -0.3 is 19.6 Å². The fraction of sp³-hybridized carbons (Fsp3) is 0.520. The molecule has 0 amide bonds. The maximum absolute atomic E-state index is 13.3. The zero-order valence-corrected chi connectivity index (χ0v) is 25.4. The minimum Gasteiger partial charge on any atom is -0.504 e. The first-order valence-electron chi connectivity index (χ1n) is 13.1. The molecule has 1 aliphatic heterocycles. The van der Waals surface area contributed by atoms with Gasteiger partial charge in [-0.05, 0) is 43.7 Å². The zero-order chi connectivity index (χ0) is 29.4. The van der Waals surface area contributed by atoms with Crippen molar-refractivity contribution in [3.63, 3.8) is 0 Å². The van der Waals surface area contributed by atoms with Crippen molar-refractivity contribution in [3.8, 4) is 5.75 Å². The predicted molar refractivity (Wildman–Crippen MR) is 151 cm³/mol. The van der Waals surface area contributed by atoms with Gasteiger partial charge in [-0.2, -0.15) is 4.31 Å². The normalized spacial score (nSPS) is 18.9. The molecule has 1 aliphatic carbocycles. The first kappa shape index (κ1) is 30.1. The van der Waals surface area contributed by atoms with Crippen LogP contribution in [-0.4, -0.2) is 57.2 Å². The largest absolute Gasteiger partial charge is 0.504 e. The van der Waals surface area contributed by atoms with Gasteiger partial charge in [-0.3, -0.25) is 9.71 Å². The standard InChI is InChI=1S/C25H34N4O8S3/c1-6-17(19-11-15(12-37-19)14(4)5)27-23-20(22(24(31)36-8-3)39(32,33)28-23)26-18-13-38-25(21(18)30)40(34,35)29(7-2)16-9-10-16/h11-14,16-17,26,30H,6-10H2,1-5H3,(H,27,28)/t17-/m1/s1. The van der Waals surface area contributed by atoms with E-state index < -0.39 is 42.7 Å². The number of aliphatic imine (C=N–C) groups is 1. The number of sulfonamides is 2. The number of ether oxygens (including phenoxy) is 1. The van der Waals surface area contributed by atoms with Crippen LogP contribution in [0.4, 0.5) is 5.69 Å². The van der Waals surface area contributed by atoms with E-state index in [1.54, 1.807) is 13.2 Å². The lowest BCUT2D eigenvalue weighted by Gasteiger charge is -2.19. The van der Waals surface area contributed by atoms with Crippen LogP contribution in [0.25, 0.3) is 0 Å². The van der Waals surface area contributed by atoms with Crippen LogP contribution in [0.3, 0.4) is 0 Å². The Morgan fingerprint density at radius 2 is 2.02 bits per heavy atom. The van der Waals surface area contributed by atoms with Crippen LogP contribution in [0.15, 0.2) is 41.9 Å². The molecule has 12 nitrogen and oxygen atoms in total. The van der Waals surface area contributed by atoms with E-state index >= 15 is 0 Å². The van der Waals surface area contributed by atoms with E-state index in [2.05, 4.69) is 15.0 Å². The molecule has 0 radical (unpaired) electrons. The molecule has 2 aromatic rings. The van der Waals surface area contributed by atoms with E-state index in [0.717, 1.165) is 29.7 Å². The van der Waals surface area contributed by atoms with Crippen LogP contribution in [0.2, 0.25) is 0 Å². The Balaban J connectivity index is 1.78. The average Bonchev–Trinajstić information content (AvgIpc) is 3.34. The molecule has 4 rings (SSSR count). The van der Waals surface area contributed by atoms with Gasteiger partial charge in [-0.1, -0.05) is 27.7 Å². The van der Waals surface area contributed by atoms with Crippen molar-refractivity contribution >= 4 is 48.9 Å². The van der Waals surface area contributed by atoms with Gasteiger partial charge in [0.15, 0.2) is 20.7 Å². The summed E-state index contributed by atoms with van der Waals surface area (Å²) in [4.78, 5) is 16.6. The predicted octanol–water partition coefficient (Wildman–Crippen LogP) is 4.01. The molecule has 3 N–H and O–H groups in total. The molecule has 220 valence electrons. The van der Waals surface area contributed by atoms with Gasteiger partial charge >= 0.3 is 5.97 Å². The molecule has 0 spiro atoms. The zero-order valence-electron chi connectivity index (χ0n) is 22.9. The van der Waals surface area contributed by atoms with E-state index in [1.807, 2.05) is 26.8 Å². The number of anilines is 1. The van der Waals surface area contributed by atoms with Crippen LogP contribution in [-0.2, 0) is 29.6 Å². The molecule has 2 aliphatic rings. The van der Waals surface area contributed by atoms with Gasteiger partial charge in [-0.15, -0.1) is 11.3 Å². The molecule has 1 atom stereocenters. The Hall–Kier alpha value is -2.88. The molecule has 0 saturated heterocycles. The minimum atomic E-state index is -4.40. The third kappa shape index (κ3) is 5.78. The second-order valence-electron chi connectivity index (χ2n) is 9.72. The smallest absolute Gasteiger partial charge is 0.354 e. The lowest BCUT2D eigenvalue weighted by Crippen LogP contribution is -2.32. The summed E-state index contributed by atoms with van der Waals surface area (Å²) in [6.07, 6.45) is 3.55. The molecule has 1 fully saturated rings. The second kappa shape index (κ2) is 11.5. The summed E-state index contributed by atoms with van der Waals surface area (Å²) in [6.45, 7) is 9.28. The van der Waals surface area contributed by atoms with Crippen molar-refractivity contribution in [2.24, 2.45) is 4.99 Å². The average molecular weight is 615 g/mol. The van der Waals surface area contributed by atoms with Gasteiger partial charge in [0.05, 0.1) is 18.6 Å². The monoisotopic (exact) mass is 614 g/mol. The SMILES string of the molecule is CCOC(=O)C1=C(Nc2csc(S(=O)(=O)N(CC)C3CC3)c2O)C(=N[C@H](CC)c2cc(C(C)C)co2)NS1(=O)=O. The van der Waals surface area contributed by atoms with Crippen LogP contribution >= 0.6 is 11.3 Å². The molecule has 0 bridgehead atoms. The highest BCUT2D eigenvalue weighted by Gasteiger charge is 2.43. The Labute approximate surface area is 238 Å². The number of esters is 1. The molecule has 40 heavy (non-hydrogen) atoms. The van der Waals surface area contributed by atoms with E-state index in [0.29, 0.717) is 12.2 Å². The van der Waals surface area contributed by atoms with Crippen molar-refractivity contribution in [1.82, 2.24) is 9.03 Å². The quantitative estimate of drug-likeness (QED) is 0.299. The number of furan rings is 1. The van der Waals surface area contributed by atoms with Gasteiger partial charge in [-0.25, -0.2) is 21.6 Å². The fourth-order valence-electron chi connectivity index (χ4n) is 4.28. The maximum atomic E-state index is 13.3. The highest BCUT2D eigenvalue weighted by Crippen LogP contribution is 2.43. The third-order valence-corrected chi connectivity index (χ3v) is 11.4. The topological polar surface area (TPSA) is 168 Å². The van der Waals surface area contributed by atoms with E-state index in [9.17, 15) is 26.7 Å². The lowest BCUT2D eigenvalue weighted by atomic mass is 10.1. The van der Waals surface area contributed by atoms with Crippen LogP contribution in [0.5, 0.6) is 5.75 Å². The van der Waals surface area contributed by atoms with Gasteiger partial charge in [0.2, 0.25) is 0 Å². The molecule has 1 saturated carbocycles. The molecule has 0 aromatic carbocycles. The summed E-state index contributed by atoms with van der Waals surface area (Å²) >= 11 is 0.791. The lowest BCUT2D eigenvalue weighted by molar-refractivity contribution is -0.137. The summed E-state index contributed by atoms with van der Waals surface area (Å²) < 4.78 is 66.7. The Morgan fingerprint density at radius 1 is 1.32 bits per heavy atom. The Morgan fingerprint density at radius 3 is 2.58 bits per heavy atom. The second-order valence-corrected chi connectivity index (χ2v) is 14.3. The molecule has 15 heteroatoms. The van der Waals surface area contributed by atoms with Crippen molar-refractivity contribution in [3.05, 3.63) is 39.6 Å².